The molecular formula is C15H19NO2S. The average molecular weight is 277 g/mol. The number of thiazole rings is 1. The number of hydrogen-bond donors (Lipinski definition) is 0. The molecule has 0 saturated carbocycles. The molecule has 0 unspecified atom stereocenters. The van der Waals surface area contributed by atoms with Crippen molar-refractivity contribution in [2.45, 2.75) is 26.6 Å². The Bertz CT molecular complexity index is 547. The molecule has 0 saturated heterocycles. The second-order valence-corrected chi connectivity index (χ2v) is 5.51. The summed E-state index contributed by atoms with van der Waals surface area (Å²) in [5, 5.41) is 3.07. The lowest BCUT2D eigenvalue weighted by molar-refractivity contribution is -0.108. The smallest absolute Gasteiger partial charge is 0.201 e. The number of hydrogen-bond acceptors (Lipinski definition) is 4. The zero-order valence-electron chi connectivity index (χ0n) is 11.8. The molecule has 2 aromatic rings. The summed E-state index contributed by atoms with van der Waals surface area (Å²) in [7, 11) is 3.24. The van der Waals surface area contributed by atoms with Crippen molar-refractivity contribution in [2.75, 3.05) is 14.2 Å². The SMILES string of the molecule is COC(OC)c1csc(Cc2ccc(C)c(C)c2)n1. The number of aromatic nitrogens is 1. The number of nitrogens with zero attached hydrogens (tertiary/aromatic N) is 1. The molecule has 0 aliphatic rings. The summed E-state index contributed by atoms with van der Waals surface area (Å²) in [6, 6.07) is 6.54. The highest BCUT2D eigenvalue weighted by atomic mass is 32.1. The minimum atomic E-state index is -0.371. The number of methoxy groups -OCH3 is 2. The quantitative estimate of drug-likeness (QED) is 0.782. The molecule has 0 amide bonds. The third kappa shape index (κ3) is 3.41. The zero-order valence-corrected chi connectivity index (χ0v) is 12.6. The number of ether oxygens (including phenoxy) is 2. The molecule has 19 heavy (non-hydrogen) atoms. The molecule has 0 aliphatic heterocycles. The average Bonchev–Trinajstić information content (AvgIpc) is 2.84. The van der Waals surface area contributed by atoms with Crippen molar-refractivity contribution in [3.63, 3.8) is 0 Å². The van der Waals surface area contributed by atoms with Gasteiger partial charge < -0.3 is 9.47 Å². The lowest BCUT2D eigenvalue weighted by Crippen LogP contribution is -2.04. The van der Waals surface area contributed by atoms with Crippen molar-refractivity contribution in [1.29, 1.82) is 0 Å². The maximum atomic E-state index is 5.21. The first-order valence-electron chi connectivity index (χ1n) is 6.20. The molecule has 1 aromatic heterocycles. The molecule has 4 heteroatoms. The fourth-order valence-corrected chi connectivity index (χ4v) is 2.77. The molecule has 3 nitrogen and oxygen atoms in total. The molecule has 0 fully saturated rings. The minimum absolute atomic E-state index is 0.371. The van der Waals surface area contributed by atoms with E-state index in [4.69, 9.17) is 9.47 Å². The Hall–Kier alpha value is -1.23. The van der Waals surface area contributed by atoms with Gasteiger partial charge in [-0.25, -0.2) is 4.98 Å². The third-order valence-electron chi connectivity index (χ3n) is 3.17. The summed E-state index contributed by atoms with van der Waals surface area (Å²) in [5.74, 6) is 0. The van der Waals surface area contributed by atoms with E-state index in [0.717, 1.165) is 17.1 Å². The maximum Gasteiger partial charge on any atom is 0.201 e. The van der Waals surface area contributed by atoms with Crippen molar-refractivity contribution >= 4 is 11.3 Å². The van der Waals surface area contributed by atoms with Crippen molar-refractivity contribution in [3.05, 3.63) is 51.0 Å². The van der Waals surface area contributed by atoms with Crippen molar-refractivity contribution in [2.24, 2.45) is 0 Å². The Kier molecular flexibility index (Phi) is 4.69. The van der Waals surface area contributed by atoms with Crippen molar-refractivity contribution < 1.29 is 9.47 Å². The van der Waals surface area contributed by atoms with Gasteiger partial charge in [0, 0.05) is 26.0 Å². The molecule has 102 valence electrons. The zero-order chi connectivity index (χ0) is 13.8. The van der Waals surface area contributed by atoms with Crippen LogP contribution in [0.1, 0.15) is 33.7 Å². The van der Waals surface area contributed by atoms with Gasteiger partial charge in [0.15, 0.2) is 0 Å². The first-order chi connectivity index (χ1) is 9.13. The van der Waals surface area contributed by atoms with Gasteiger partial charge in [0.25, 0.3) is 0 Å². The van der Waals surface area contributed by atoms with Crippen LogP contribution in [0.15, 0.2) is 23.6 Å². The van der Waals surface area contributed by atoms with Gasteiger partial charge >= 0.3 is 0 Å². The predicted octanol–water partition coefficient (Wildman–Crippen LogP) is 3.64. The molecule has 2 rings (SSSR count). The van der Waals surface area contributed by atoms with E-state index in [9.17, 15) is 0 Å². The van der Waals surface area contributed by atoms with Crippen LogP contribution in [-0.4, -0.2) is 19.2 Å². The van der Waals surface area contributed by atoms with Crippen LogP contribution in [0.3, 0.4) is 0 Å². The van der Waals surface area contributed by atoms with E-state index in [1.807, 2.05) is 5.38 Å². The Morgan fingerprint density at radius 2 is 1.89 bits per heavy atom. The fraction of sp³-hybridized carbons (Fsp3) is 0.400. The highest BCUT2D eigenvalue weighted by Crippen LogP contribution is 2.22. The number of rotatable bonds is 5. The van der Waals surface area contributed by atoms with Gasteiger partial charge in [-0.3, -0.25) is 0 Å². The van der Waals surface area contributed by atoms with Crippen LogP contribution >= 0.6 is 11.3 Å². The second kappa shape index (κ2) is 6.28. The summed E-state index contributed by atoms with van der Waals surface area (Å²) in [5.41, 5.74) is 4.77. The highest BCUT2D eigenvalue weighted by Gasteiger charge is 2.13. The fourth-order valence-electron chi connectivity index (χ4n) is 1.94. The molecule has 0 N–H and O–H groups in total. The Labute approximate surface area is 118 Å². The highest BCUT2D eigenvalue weighted by molar-refractivity contribution is 7.09. The van der Waals surface area contributed by atoms with E-state index in [1.165, 1.54) is 16.7 Å². The molecule has 0 atom stereocenters. The number of benzene rings is 1. The van der Waals surface area contributed by atoms with Crippen LogP contribution in [0.4, 0.5) is 0 Å². The van der Waals surface area contributed by atoms with Gasteiger partial charge in [-0.15, -0.1) is 11.3 Å². The molecule has 0 spiro atoms. The summed E-state index contributed by atoms with van der Waals surface area (Å²) >= 11 is 1.64. The first-order valence-corrected chi connectivity index (χ1v) is 7.08. The van der Waals surface area contributed by atoms with Crippen LogP contribution < -0.4 is 0 Å². The Morgan fingerprint density at radius 1 is 1.16 bits per heavy atom. The Morgan fingerprint density at radius 3 is 2.53 bits per heavy atom. The molecule has 0 aliphatic carbocycles. The van der Waals surface area contributed by atoms with Crippen LogP contribution in [0.2, 0.25) is 0 Å². The summed E-state index contributed by atoms with van der Waals surface area (Å²) < 4.78 is 10.4. The minimum Gasteiger partial charge on any atom is -0.350 e. The van der Waals surface area contributed by atoms with Crippen LogP contribution in [-0.2, 0) is 15.9 Å². The molecular weight excluding hydrogens is 258 g/mol. The van der Waals surface area contributed by atoms with E-state index in [2.05, 4.69) is 37.0 Å². The van der Waals surface area contributed by atoms with Crippen LogP contribution in [0.25, 0.3) is 0 Å². The van der Waals surface area contributed by atoms with E-state index < -0.39 is 0 Å². The van der Waals surface area contributed by atoms with Crippen molar-refractivity contribution in [3.8, 4) is 0 Å². The largest absolute Gasteiger partial charge is 0.350 e. The van der Waals surface area contributed by atoms with Gasteiger partial charge in [-0.05, 0) is 30.5 Å². The topological polar surface area (TPSA) is 31.4 Å². The summed E-state index contributed by atoms with van der Waals surface area (Å²) in [6.45, 7) is 4.26. The third-order valence-corrected chi connectivity index (χ3v) is 4.03. The van der Waals surface area contributed by atoms with Crippen LogP contribution in [0.5, 0.6) is 0 Å². The number of aryl methyl sites for hydroxylation is 2. The van der Waals surface area contributed by atoms with Gasteiger partial charge in [0.05, 0.1) is 5.01 Å². The van der Waals surface area contributed by atoms with E-state index in [-0.39, 0.29) is 6.29 Å². The standard InChI is InChI=1S/C15H19NO2S/c1-10-5-6-12(7-11(10)2)8-14-16-13(9-19-14)15(17-3)18-4/h5-7,9,15H,8H2,1-4H3. The maximum absolute atomic E-state index is 5.21. The van der Waals surface area contributed by atoms with E-state index >= 15 is 0 Å². The summed E-state index contributed by atoms with van der Waals surface area (Å²) in [6.07, 6.45) is 0.483. The predicted molar refractivity (Wildman–Crippen MR) is 77.6 cm³/mol. The normalized spacial score (nSPS) is 11.2. The lowest BCUT2D eigenvalue weighted by atomic mass is 10.0. The van der Waals surface area contributed by atoms with Gasteiger partial charge in [0.2, 0.25) is 6.29 Å². The van der Waals surface area contributed by atoms with E-state index in [0.29, 0.717) is 0 Å². The van der Waals surface area contributed by atoms with E-state index in [1.54, 1.807) is 25.6 Å². The van der Waals surface area contributed by atoms with Gasteiger partial charge in [-0.2, -0.15) is 0 Å². The van der Waals surface area contributed by atoms with Crippen LogP contribution in [0, 0.1) is 13.8 Å². The summed E-state index contributed by atoms with van der Waals surface area (Å²) in [4.78, 5) is 4.57. The molecule has 0 bridgehead atoms. The molecule has 0 radical (unpaired) electrons. The lowest BCUT2D eigenvalue weighted by Gasteiger charge is -2.09. The van der Waals surface area contributed by atoms with Gasteiger partial charge in [-0.1, -0.05) is 18.2 Å². The molecule has 1 heterocycles. The monoisotopic (exact) mass is 277 g/mol. The first kappa shape index (κ1) is 14.2. The Balaban J connectivity index is 2.13. The van der Waals surface area contributed by atoms with Gasteiger partial charge in [0.1, 0.15) is 5.69 Å². The molecule has 1 aromatic carbocycles. The van der Waals surface area contributed by atoms with Crippen molar-refractivity contribution in [1.82, 2.24) is 4.98 Å². The second-order valence-electron chi connectivity index (χ2n) is 4.56.